The first-order valence-corrected chi connectivity index (χ1v) is 7.00. The Balaban J connectivity index is 2.00. The van der Waals surface area contributed by atoms with E-state index >= 15 is 0 Å². The second kappa shape index (κ2) is 5.50. The Labute approximate surface area is 100 Å². The fourth-order valence-corrected chi connectivity index (χ4v) is 3.48. The quantitative estimate of drug-likeness (QED) is 0.716. The highest BCUT2D eigenvalue weighted by atomic mass is 16.5. The molecule has 2 nitrogen and oxygen atoms in total. The summed E-state index contributed by atoms with van der Waals surface area (Å²) in [5.41, 5.74) is 0. The first kappa shape index (κ1) is 12.4. The topological polar surface area (TPSA) is 12.5 Å². The van der Waals surface area contributed by atoms with Crippen molar-refractivity contribution >= 4 is 0 Å². The van der Waals surface area contributed by atoms with E-state index < -0.39 is 0 Å². The van der Waals surface area contributed by atoms with Crippen molar-refractivity contribution in [1.82, 2.24) is 4.90 Å². The zero-order chi connectivity index (χ0) is 11.5. The highest BCUT2D eigenvalue weighted by Crippen LogP contribution is 2.36. The van der Waals surface area contributed by atoms with Crippen LogP contribution in [0.1, 0.15) is 40.0 Å². The van der Waals surface area contributed by atoms with Crippen LogP contribution in [0.25, 0.3) is 0 Å². The average molecular weight is 225 g/mol. The van der Waals surface area contributed by atoms with Gasteiger partial charge in [-0.1, -0.05) is 27.2 Å². The summed E-state index contributed by atoms with van der Waals surface area (Å²) in [6.45, 7) is 11.4. The number of ether oxygens (including phenoxy) is 1. The van der Waals surface area contributed by atoms with Gasteiger partial charge in [0.2, 0.25) is 0 Å². The SMILES string of the molecule is CC(C)[C@@H]1CC[C@@H](C)C[C@H]1N1CCOCC1. The van der Waals surface area contributed by atoms with E-state index in [1.54, 1.807) is 0 Å². The Morgan fingerprint density at radius 1 is 1.12 bits per heavy atom. The molecule has 2 heteroatoms. The number of nitrogens with zero attached hydrogens (tertiary/aromatic N) is 1. The maximum Gasteiger partial charge on any atom is 0.0594 e. The van der Waals surface area contributed by atoms with Crippen LogP contribution in [0.3, 0.4) is 0 Å². The molecule has 2 fully saturated rings. The minimum Gasteiger partial charge on any atom is -0.379 e. The summed E-state index contributed by atoms with van der Waals surface area (Å²) in [4.78, 5) is 2.70. The molecule has 3 atom stereocenters. The zero-order valence-electron chi connectivity index (χ0n) is 11.1. The summed E-state index contributed by atoms with van der Waals surface area (Å²) < 4.78 is 5.47. The summed E-state index contributed by atoms with van der Waals surface area (Å²) in [6.07, 6.45) is 4.27. The van der Waals surface area contributed by atoms with E-state index in [0.29, 0.717) is 0 Å². The van der Waals surface area contributed by atoms with Gasteiger partial charge in [0.25, 0.3) is 0 Å². The normalized spacial score (nSPS) is 37.9. The summed E-state index contributed by atoms with van der Waals surface area (Å²) in [6, 6.07) is 0.827. The molecule has 0 aromatic rings. The number of morpholine rings is 1. The lowest BCUT2D eigenvalue weighted by atomic mass is 9.73. The Bertz CT molecular complexity index is 211. The van der Waals surface area contributed by atoms with Crippen LogP contribution < -0.4 is 0 Å². The molecular formula is C14H27NO. The monoisotopic (exact) mass is 225 g/mol. The van der Waals surface area contributed by atoms with Gasteiger partial charge in [0.15, 0.2) is 0 Å². The summed E-state index contributed by atoms with van der Waals surface area (Å²) in [5, 5.41) is 0. The van der Waals surface area contributed by atoms with Crippen molar-refractivity contribution in [2.75, 3.05) is 26.3 Å². The summed E-state index contributed by atoms with van der Waals surface area (Å²) >= 11 is 0. The Morgan fingerprint density at radius 2 is 1.81 bits per heavy atom. The maximum absolute atomic E-state index is 5.47. The van der Waals surface area contributed by atoms with Crippen LogP contribution in [0.4, 0.5) is 0 Å². The van der Waals surface area contributed by atoms with Crippen LogP contribution in [-0.4, -0.2) is 37.2 Å². The van der Waals surface area contributed by atoms with Gasteiger partial charge in [-0.15, -0.1) is 0 Å². The minimum atomic E-state index is 0.827. The van der Waals surface area contributed by atoms with Gasteiger partial charge in [-0.2, -0.15) is 0 Å². The van der Waals surface area contributed by atoms with Gasteiger partial charge >= 0.3 is 0 Å². The van der Waals surface area contributed by atoms with Crippen LogP contribution in [0.15, 0.2) is 0 Å². The van der Waals surface area contributed by atoms with E-state index in [2.05, 4.69) is 25.7 Å². The highest BCUT2D eigenvalue weighted by molar-refractivity contribution is 4.88. The molecule has 1 aliphatic heterocycles. The molecule has 0 radical (unpaired) electrons. The molecule has 16 heavy (non-hydrogen) atoms. The maximum atomic E-state index is 5.47. The van der Waals surface area contributed by atoms with Crippen molar-refractivity contribution < 1.29 is 4.74 Å². The van der Waals surface area contributed by atoms with Gasteiger partial charge in [0, 0.05) is 19.1 Å². The van der Waals surface area contributed by atoms with Gasteiger partial charge < -0.3 is 4.74 Å². The van der Waals surface area contributed by atoms with E-state index in [0.717, 1.165) is 50.1 Å². The zero-order valence-corrected chi connectivity index (χ0v) is 11.1. The lowest BCUT2D eigenvalue weighted by molar-refractivity contribution is -0.0218. The fourth-order valence-electron chi connectivity index (χ4n) is 3.48. The van der Waals surface area contributed by atoms with Gasteiger partial charge in [0.1, 0.15) is 0 Å². The third kappa shape index (κ3) is 2.78. The predicted molar refractivity (Wildman–Crippen MR) is 67.5 cm³/mol. The predicted octanol–water partition coefficient (Wildman–Crippen LogP) is 2.78. The number of hydrogen-bond acceptors (Lipinski definition) is 2. The van der Waals surface area contributed by atoms with E-state index in [9.17, 15) is 0 Å². The molecule has 1 saturated heterocycles. The Kier molecular flexibility index (Phi) is 4.26. The minimum absolute atomic E-state index is 0.827. The molecule has 2 aliphatic rings. The molecule has 0 unspecified atom stereocenters. The highest BCUT2D eigenvalue weighted by Gasteiger charge is 2.34. The van der Waals surface area contributed by atoms with E-state index in [-0.39, 0.29) is 0 Å². The summed E-state index contributed by atoms with van der Waals surface area (Å²) in [5.74, 6) is 2.66. The van der Waals surface area contributed by atoms with E-state index in [4.69, 9.17) is 4.74 Å². The molecule has 0 amide bonds. The first-order chi connectivity index (χ1) is 7.68. The summed E-state index contributed by atoms with van der Waals surface area (Å²) in [7, 11) is 0. The van der Waals surface area contributed by atoms with E-state index in [1.165, 1.54) is 19.3 Å². The smallest absolute Gasteiger partial charge is 0.0594 e. The Hall–Kier alpha value is -0.0800. The standard InChI is InChI=1S/C14H27NO/c1-11(2)13-5-4-12(3)10-14(13)15-6-8-16-9-7-15/h11-14H,4-10H2,1-3H3/t12-,13+,14-/m1/s1. The second-order valence-corrected chi connectivity index (χ2v) is 6.04. The van der Waals surface area contributed by atoms with Crippen LogP contribution in [0.5, 0.6) is 0 Å². The molecule has 0 bridgehead atoms. The van der Waals surface area contributed by atoms with Crippen LogP contribution in [0, 0.1) is 17.8 Å². The average Bonchev–Trinajstić information content (AvgIpc) is 2.29. The van der Waals surface area contributed by atoms with Gasteiger partial charge in [0.05, 0.1) is 13.2 Å². The van der Waals surface area contributed by atoms with Gasteiger partial charge in [-0.05, 0) is 30.6 Å². The third-order valence-corrected chi connectivity index (χ3v) is 4.50. The molecule has 1 aliphatic carbocycles. The van der Waals surface area contributed by atoms with Gasteiger partial charge in [-0.3, -0.25) is 4.90 Å². The van der Waals surface area contributed by atoms with Crippen LogP contribution in [0.2, 0.25) is 0 Å². The molecule has 0 aromatic heterocycles. The molecule has 94 valence electrons. The van der Waals surface area contributed by atoms with Crippen molar-refractivity contribution in [2.24, 2.45) is 17.8 Å². The lowest BCUT2D eigenvalue weighted by Crippen LogP contribution is -2.50. The molecule has 2 rings (SSSR count). The Morgan fingerprint density at radius 3 is 2.44 bits per heavy atom. The lowest BCUT2D eigenvalue weighted by Gasteiger charge is -2.45. The molecule has 0 spiro atoms. The molecular weight excluding hydrogens is 198 g/mol. The molecule has 1 saturated carbocycles. The number of hydrogen-bond donors (Lipinski definition) is 0. The third-order valence-electron chi connectivity index (χ3n) is 4.50. The number of rotatable bonds is 2. The van der Waals surface area contributed by atoms with E-state index in [1.807, 2.05) is 0 Å². The van der Waals surface area contributed by atoms with Crippen LogP contribution >= 0.6 is 0 Å². The second-order valence-electron chi connectivity index (χ2n) is 6.04. The van der Waals surface area contributed by atoms with Crippen molar-refractivity contribution in [3.63, 3.8) is 0 Å². The van der Waals surface area contributed by atoms with Crippen molar-refractivity contribution in [2.45, 2.75) is 46.1 Å². The molecule has 1 heterocycles. The van der Waals surface area contributed by atoms with Gasteiger partial charge in [-0.25, -0.2) is 0 Å². The largest absolute Gasteiger partial charge is 0.379 e. The van der Waals surface area contributed by atoms with Crippen molar-refractivity contribution in [3.8, 4) is 0 Å². The van der Waals surface area contributed by atoms with Crippen LogP contribution in [-0.2, 0) is 4.74 Å². The molecule has 0 aromatic carbocycles. The first-order valence-electron chi connectivity index (χ1n) is 7.00. The van der Waals surface area contributed by atoms with Crippen molar-refractivity contribution in [1.29, 1.82) is 0 Å². The molecule has 0 N–H and O–H groups in total. The van der Waals surface area contributed by atoms with Crippen molar-refractivity contribution in [3.05, 3.63) is 0 Å². The fraction of sp³-hybridized carbons (Fsp3) is 1.00.